The molecule has 3 rings (SSSR count). The monoisotopic (exact) mass is 316 g/mol. The third-order valence-electron chi connectivity index (χ3n) is 4.44. The van der Waals surface area contributed by atoms with Crippen LogP contribution in [0.25, 0.3) is 0 Å². The average molecular weight is 316 g/mol. The minimum atomic E-state index is -0.0725. The van der Waals surface area contributed by atoms with Crippen LogP contribution in [0.1, 0.15) is 18.4 Å². The Morgan fingerprint density at radius 2 is 2.04 bits per heavy atom. The Balaban J connectivity index is 1.58. The molecule has 0 aliphatic carbocycles. The third kappa shape index (κ3) is 4.01. The van der Waals surface area contributed by atoms with E-state index in [9.17, 15) is 9.59 Å². The molecule has 0 saturated carbocycles. The third-order valence-corrected chi connectivity index (χ3v) is 4.44. The number of nitrogens with zero attached hydrogens (tertiary/aromatic N) is 2. The van der Waals surface area contributed by atoms with E-state index in [2.05, 4.69) is 27.7 Å². The lowest BCUT2D eigenvalue weighted by Gasteiger charge is -2.26. The van der Waals surface area contributed by atoms with Crippen LogP contribution in [0.15, 0.2) is 18.2 Å². The normalized spacial score (nSPS) is 18.8. The number of amides is 2. The Morgan fingerprint density at radius 3 is 2.74 bits per heavy atom. The zero-order valence-corrected chi connectivity index (χ0v) is 13.6. The van der Waals surface area contributed by atoms with Crippen LogP contribution < -0.4 is 15.5 Å². The van der Waals surface area contributed by atoms with Crippen molar-refractivity contribution in [1.29, 1.82) is 0 Å². The average Bonchev–Trinajstić information content (AvgIpc) is 3.03. The Morgan fingerprint density at radius 1 is 1.26 bits per heavy atom. The first-order chi connectivity index (χ1) is 11.1. The first kappa shape index (κ1) is 15.8. The summed E-state index contributed by atoms with van der Waals surface area (Å²) in [5.74, 6) is -0.0908. The summed E-state index contributed by atoms with van der Waals surface area (Å²) in [7, 11) is 0. The fourth-order valence-electron chi connectivity index (χ4n) is 3.18. The SMILES string of the molecule is Cc1cc(N2CCCC2)ccc1NC(=O)CN1CCNC(=O)C1. The topological polar surface area (TPSA) is 64.7 Å². The van der Waals surface area contributed by atoms with E-state index in [0.717, 1.165) is 24.3 Å². The number of anilines is 2. The summed E-state index contributed by atoms with van der Waals surface area (Å²) in [6, 6.07) is 6.18. The van der Waals surface area contributed by atoms with Crippen LogP contribution in [0.5, 0.6) is 0 Å². The summed E-state index contributed by atoms with van der Waals surface area (Å²) >= 11 is 0. The number of piperazine rings is 1. The van der Waals surface area contributed by atoms with Crippen molar-refractivity contribution in [2.75, 3.05) is 49.5 Å². The van der Waals surface area contributed by atoms with Gasteiger partial charge >= 0.3 is 0 Å². The molecule has 2 aliphatic heterocycles. The molecule has 124 valence electrons. The van der Waals surface area contributed by atoms with E-state index in [4.69, 9.17) is 0 Å². The highest BCUT2D eigenvalue weighted by molar-refractivity contribution is 5.93. The van der Waals surface area contributed by atoms with E-state index < -0.39 is 0 Å². The molecule has 2 N–H and O–H groups in total. The number of benzene rings is 1. The van der Waals surface area contributed by atoms with Crippen molar-refractivity contribution >= 4 is 23.2 Å². The molecule has 0 radical (unpaired) electrons. The number of aryl methyl sites for hydroxylation is 1. The van der Waals surface area contributed by atoms with E-state index >= 15 is 0 Å². The number of carbonyl (C=O) groups excluding carboxylic acids is 2. The standard InChI is InChI=1S/C17H24N4O2/c1-13-10-14(21-7-2-3-8-21)4-5-15(13)19-17(23)12-20-9-6-18-16(22)11-20/h4-5,10H,2-3,6-9,11-12H2,1H3,(H,18,22)(H,19,23). The summed E-state index contributed by atoms with van der Waals surface area (Å²) in [5, 5.41) is 5.72. The van der Waals surface area contributed by atoms with Crippen LogP contribution in [-0.4, -0.2) is 56.0 Å². The maximum Gasteiger partial charge on any atom is 0.238 e. The fraction of sp³-hybridized carbons (Fsp3) is 0.529. The lowest BCUT2D eigenvalue weighted by Crippen LogP contribution is -2.49. The molecular formula is C17H24N4O2. The number of rotatable bonds is 4. The van der Waals surface area contributed by atoms with E-state index in [1.807, 2.05) is 17.9 Å². The van der Waals surface area contributed by atoms with Gasteiger partial charge in [0, 0.05) is 37.6 Å². The van der Waals surface area contributed by atoms with Crippen LogP contribution in [0.4, 0.5) is 11.4 Å². The van der Waals surface area contributed by atoms with Crippen LogP contribution in [-0.2, 0) is 9.59 Å². The summed E-state index contributed by atoms with van der Waals surface area (Å²) < 4.78 is 0. The van der Waals surface area contributed by atoms with Crippen LogP contribution in [0.3, 0.4) is 0 Å². The molecule has 0 aromatic heterocycles. The minimum absolute atomic E-state index is 0.0183. The minimum Gasteiger partial charge on any atom is -0.372 e. The predicted octanol–water partition coefficient (Wildman–Crippen LogP) is 0.966. The molecule has 0 bridgehead atoms. The van der Waals surface area contributed by atoms with Gasteiger partial charge in [-0.2, -0.15) is 0 Å². The van der Waals surface area contributed by atoms with Gasteiger partial charge in [0.1, 0.15) is 0 Å². The molecule has 0 spiro atoms. The van der Waals surface area contributed by atoms with Crippen LogP contribution in [0.2, 0.25) is 0 Å². The van der Waals surface area contributed by atoms with Gasteiger partial charge in [-0.15, -0.1) is 0 Å². The molecule has 23 heavy (non-hydrogen) atoms. The summed E-state index contributed by atoms with van der Waals surface area (Å²) in [4.78, 5) is 27.8. The molecule has 2 aliphatic rings. The van der Waals surface area contributed by atoms with Crippen LogP contribution >= 0.6 is 0 Å². The molecule has 6 nitrogen and oxygen atoms in total. The van der Waals surface area contributed by atoms with E-state index in [-0.39, 0.29) is 18.4 Å². The number of carbonyl (C=O) groups is 2. The highest BCUT2D eigenvalue weighted by atomic mass is 16.2. The Kier molecular flexibility index (Phi) is 4.81. The van der Waals surface area contributed by atoms with Gasteiger partial charge in [-0.3, -0.25) is 14.5 Å². The first-order valence-corrected chi connectivity index (χ1v) is 8.26. The second kappa shape index (κ2) is 7.00. The second-order valence-electron chi connectivity index (χ2n) is 6.30. The number of hydrogen-bond donors (Lipinski definition) is 2. The van der Waals surface area contributed by atoms with E-state index in [1.165, 1.54) is 18.5 Å². The van der Waals surface area contributed by atoms with E-state index in [1.54, 1.807) is 0 Å². The van der Waals surface area contributed by atoms with Gasteiger partial charge in [-0.1, -0.05) is 0 Å². The van der Waals surface area contributed by atoms with Gasteiger partial charge in [-0.05, 0) is 43.5 Å². The van der Waals surface area contributed by atoms with Crippen molar-refractivity contribution < 1.29 is 9.59 Å². The summed E-state index contributed by atoms with van der Waals surface area (Å²) in [6.45, 7) is 6.11. The smallest absolute Gasteiger partial charge is 0.238 e. The second-order valence-corrected chi connectivity index (χ2v) is 6.30. The highest BCUT2D eigenvalue weighted by Crippen LogP contribution is 2.25. The van der Waals surface area contributed by atoms with Gasteiger partial charge < -0.3 is 15.5 Å². The number of hydrogen-bond acceptors (Lipinski definition) is 4. The molecule has 1 aromatic carbocycles. The van der Waals surface area contributed by atoms with Crippen molar-refractivity contribution in [3.63, 3.8) is 0 Å². The lowest BCUT2D eigenvalue weighted by atomic mass is 10.1. The molecule has 0 atom stereocenters. The quantitative estimate of drug-likeness (QED) is 0.869. The van der Waals surface area contributed by atoms with E-state index in [0.29, 0.717) is 19.6 Å². The maximum atomic E-state index is 12.2. The Bertz CT molecular complexity index is 596. The first-order valence-electron chi connectivity index (χ1n) is 8.26. The van der Waals surface area contributed by atoms with Crippen molar-refractivity contribution in [3.8, 4) is 0 Å². The van der Waals surface area contributed by atoms with Crippen molar-refractivity contribution in [2.45, 2.75) is 19.8 Å². The predicted molar refractivity (Wildman–Crippen MR) is 90.7 cm³/mol. The Hall–Kier alpha value is -2.08. The lowest BCUT2D eigenvalue weighted by molar-refractivity contribution is -0.125. The van der Waals surface area contributed by atoms with Gasteiger partial charge in [0.05, 0.1) is 13.1 Å². The zero-order chi connectivity index (χ0) is 16.2. The fourth-order valence-corrected chi connectivity index (χ4v) is 3.18. The maximum absolute atomic E-state index is 12.2. The molecular weight excluding hydrogens is 292 g/mol. The molecule has 6 heteroatoms. The highest BCUT2D eigenvalue weighted by Gasteiger charge is 2.19. The Labute approximate surface area is 136 Å². The molecule has 1 aromatic rings. The van der Waals surface area contributed by atoms with Gasteiger partial charge in [0.2, 0.25) is 11.8 Å². The number of nitrogens with one attached hydrogen (secondary N) is 2. The molecule has 0 unspecified atom stereocenters. The molecule has 2 saturated heterocycles. The van der Waals surface area contributed by atoms with Crippen molar-refractivity contribution in [3.05, 3.63) is 23.8 Å². The van der Waals surface area contributed by atoms with Crippen LogP contribution in [0, 0.1) is 6.92 Å². The van der Waals surface area contributed by atoms with Gasteiger partial charge in [0.15, 0.2) is 0 Å². The van der Waals surface area contributed by atoms with Crippen molar-refractivity contribution in [2.24, 2.45) is 0 Å². The molecule has 2 heterocycles. The summed E-state index contributed by atoms with van der Waals surface area (Å²) in [6.07, 6.45) is 2.50. The molecule has 2 amide bonds. The summed E-state index contributed by atoms with van der Waals surface area (Å²) in [5.41, 5.74) is 3.14. The van der Waals surface area contributed by atoms with Gasteiger partial charge in [0.25, 0.3) is 0 Å². The molecule has 2 fully saturated rings. The van der Waals surface area contributed by atoms with Gasteiger partial charge in [-0.25, -0.2) is 0 Å². The largest absolute Gasteiger partial charge is 0.372 e. The zero-order valence-electron chi connectivity index (χ0n) is 13.6. The van der Waals surface area contributed by atoms with Crippen molar-refractivity contribution in [1.82, 2.24) is 10.2 Å².